The largest absolute Gasteiger partial charge is 0.457 e. The van der Waals surface area contributed by atoms with E-state index in [0.717, 1.165) is 10.5 Å². The van der Waals surface area contributed by atoms with Crippen molar-refractivity contribution in [2.24, 2.45) is 0 Å². The second kappa shape index (κ2) is 8.37. The highest BCUT2D eigenvalue weighted by Gasteiger charge is 2.33. The number of hydrogen-bond acceptors (Lipinski definition) is 5. The van der Waals surface area contributed by atoms with Crippen molar-refractivity contribution >= 4 is 51.2 Å². The number of nitrogens with zero attached hydrogens (tertiary/aromatic N) is 2. The smallest absolute Gasteiger partial charge is 0.329 e. The number of benzene rings is 2. The molecule has 1 N–H and O–H groups in total. The van der Waals surface area contributed by atoms with Gasteiger partial charge in [-0.05, 0) is 51.8 Å². The molecule has 1 aliphatic rings. The summed E-state index contributed by atoms with van der Waals surface area (Å²) in [6, 6.07) is 13.9. The summed E-state index contributed by atoms with van der Waals surface area (Å²) in [5.41, 5.74) is 1.41. The van der Waals surface area contributed by atoms with Crippen molar-refractivity contribution in [1.82, 2.24) is 10.2 Å². The molecule has 1 saturated heterocycles. The molecule has 10 heteroatoms. The molecule has 0 aliphatic carbocycles. The van der Waals surface area contributed by atoms with E-state index in [4.69, 9.17) is 16.0 Å². The predicted molar refractivity (Wildman–Crippen MR) is 117 cm³/mol. The van der Waals surface area contributed by atoms with Gasteiger partial charge < -0.3 is 9.73 Å². The van der Waals surface area contributed by atoms with E-state index in [1.54, 1.807) is 42.5 Å². The third-order valence-corrected chi connectivity index (χ3v) is 5.47. The third kappa shape index (κ3) is 4.37. The highest BCUT2D eigenvalue weighted by atomic mass is 79.9. The number of halogens is 2. The fourth-order valence-corrected chi connectivity index (χ4v) is 3.71. The Kier molecular flexibility index (Phi) is 5.62. The Morgan fingerprint density at radius 2 is 1.87 bits per heavy atom. The lowest BCUT2D eigenvalue weighted by Crippen LogP contribution is -2.30. The van der Waals surface area contributed by atoms with E-state index >= 15 is 0 Å². The number of amides is 3. The van der Waals surface area contributed by atoms with Crippen LogP contribution in [0.5, 0.6) is 0 Å². The Labute approximate surface area is 189 Å². The molecule has 156 valence electrons. The first kappa shape index (κ1) is 20.8. The maximum Gasteiger partial charge on any atom is 0.329 e. The number of nitro benzene ring substituents is 1. The fraction of sp³-hybridized carbons (Fsp3) is 0.0476. The van der Waals surface area contributed by atoms with E-state index in [-0.39, 0.29) is 17.9 Å². The number of nitro groups is 1. The Hall–Kier alpha value is -3.43. The molecule has 1 aliphatic heterocycles. The van der Waals surface area contributed by atoms with Gasteiger partial charge in [0.2, 0.25) is 0 Å². The van der Waals surface area contributed by atoms with E-state index in [2.05, 4.69) is 21.2 Å². The summed E-state index contributed by atoms with van der Waals surface area (Å²) in [6.07, 6.45) is 1.44. The average Bonchev–Trinajstić information content (AvgIpc) is 3.29. The van der Waals surface area contributed by atoms with Crippen LogP contribution in [-0.4, -0.2) is 21.8 Å². The van der Waals surface area contributed by atoms with Crippen LogP contribution in [0, 0.1) is 10.1 Å². The zero-order valence-electron chi connectivity index (χ0n) is 15.7. The molecule has 3 aromatic rings. The Morgan fingerprint density at radius 1 is 1.13 bits per heavy atom. The maximum atomic E-state index is 12.7. The molecule has 2 aromatic carbocycles. The van der Waals surface area contributed by atoms with Crippen molar-refractivity contribution in [3.8, 4) is 11.3 Å². The van der Waals surface area contributed by atoms with Gasteiger partial charge in [-0.3, -0.25) is 19.8 Å². The lowest BCUT2D eigenvalue weighted by atomic mass is 10.1. The second-order valence-corrected chi connectivity index (χ2v) is 7.92. The first-order chi connectivity index (χ1) is 14.8. The summed E-state index contributed by atoms with van der Waals surface area (Å²) >= 11 is 9.17. The number of nitrogens with one attached hydrogen (secondary N) is 1. The summed E-state index contributed by atoms with van der Waals surface area (Å²) in [7, 11) is 0. The maximum absolute atomic E-state index is 12.7. The molecule has 1 aromatic heterocycles. The van der Waals surface area contributed by atoms with Crippen LogP contribution >= 0.6 is 27.5 Å². The number of non-ortho nitro benzene ring substituents is 1. The van der Waals surface area contributed by atoms with Crippen LogP contribution in [0.4, 0.5) is 10.5 Å². The molecule has 8 nitrogen and oxygen atoms in total. The number of carbonyl (C=O) groups excluding carboxylic acids is 2. The molecule has 2 heterocycles. The zero-order valence-corrected chi connectivity index (χ0v) is 18.0. The van der Waals surface area contributed by atoms with Gasteiger partial charge in [0.15, 0.2) is 0 Å². The molecule has 0 unspecified atom stereocenters. The second-order valence-electron chi connectivity index (χ2n) is 6.63. The first-order valence-electron chi connectivity index (χ1n) is 8.95. The zero-order chi connectivity index (χ0) is 22.1. The molecule has 31 heavy (non-hydrogen) atoms. The van der Waals surface area contributed by atoms with Crippen LogP contribution < -0.4 is 5.32 Å². The van der Waals surface area contributed by atoms with Crippen LogP contribution in [0.2, 0.25) is 5.02 Å². The van der Waals surface area contributed by atoms with Crippen molar-refractivity contribution in [2.45, 2.75) is 6.54 Å². The van der Waals surface area contributed by atoms with E-state index < -0.39 is 16.9 Å². The van der Waals surface area contributed by atoms with E-state index in [9.17, 15) is 19.7 Å². The van der Waals surface area contributed by atoms with Gasteiger partial charge in [0.05, 0.1) is 11.5 Å². The van der Waals surface area contributed by atoms with Gasteiger partial charge in [-0.25, -0.2) is 4.79 Å². The lowest BCUT2D eigenvalue weighted by Gasteiger charge is -2.11. The van der Waals surface area contributed by atoms with Gasteiger partial charge in [0.25, 0.3) is 11.6 Å². The van der Waals surface area contributed by atoms with Gasteiger partial charge in [0.1, 0.15) is 17.2 Å². The first-order valence-corrected chi connectivity index (χ1v) is 10.1. The number of urea groups is 1. The minimum Gasteiger partial charge on any atom is -0.457 e. The third-order valence-electron chi connectivity index (χ3n) is 4.56. The van der Waals surface area contributed by atoms with E-state index in [0.29, 0.717) is 26.6 Å². The Morgan fingerprint density at radius 3 is 2.55 bits per heavy atom. The molecule has 3 amide bonds. The summed E-state index contributed by atoms with van der Waals surface area (Å²) < 4.78 is 6.25. The van der Waals surface area contributed by atoms with Gasteiger partial charge in [0, 0.05) is 33.3 Å². The summed E-state index contributed by atoms with van der Waals surface area (Å²) in [4.78, 5) is 36.4. The standard InChI is InChI=1S/C21H13BrClN3O5/c22-17-9-14(26(29)30)5-7-16(17)19-8-6-15(31-19)10-18-20(27)25(21(28)24-18)11-12-1-3-13(23)4-2-12/h1-10H,11H2,(H,24,28). The number of hydrogen-bond donors (Lipinski definition) is 1. The Balaban J connectivity index is 1.54. The number of rotatable bonds is 5. The Bertz CT molecular complexity index is 1240. The molecule has 1 fully saturated rings. The molecule has 4 rings (SSSR count). The summed E-state index contributed by atoms with van der Waals surface area (Å²) in [5, 5.41) is 14.0. The number of furan rings is 1. The van der Waals surface area contributed by atoms with E-state index in [1.807, 2.05) is 0 Å². The SMILES string of the molecule is O=C1NC(=Cc2ccc(-c3ccc([N+](=O)[O-])cc3Br)o2)C(=O)N1Cc1ccc(Cl)cc1. The highest BCUT2D eigenvalue weighted by molar-refractivity contribution is 9.10. The highest BCUT2D eigenvalue weighted by Crippen LogP contribution is 2.33. The normalized spacial score (nSPS) is 14.9. The van der Waals surface area contributed by atoms with Crippen molar-refractivity contribution < 1.29 is 18.9 Å². The van der Waals surface area contributed by atoms with Crippen LogP contribution in [0.1, 0.15) is 11.3 Å². The van der Waals surface area contributed by atoms with Crippen LogP contribution in [0.15, 0.2) is 69.2 Å². The van der Waals surface area contributed by atoms with Crippen LogP contribution in [0.25, 0.3) is 17.4 Å². The molecule has 0 saturated carbocycles. The van der Waals surface area contributed by atoms with Gasteiger partial charge in [-0.2, -0.15) is 0 Å². The summed E-state index contributed by atoms with van der Waals surface area (Å²) in [6.45, 7) is 0.109. The minimum atomic E-state index is -0.531. The van der Waals surface area contributed by atoms with E-state index in [1.165, 1.54) is 18.2 Å². The molecule has 0 spiro atoms. The van der Waals surface area contributed by atoms with Crippen molar-refractivity contribution in [2.75, 3.05) is 0 Å². The van der Waals surface area contributed by atoms with Crippen molar-refractivity contribution in [3.05, 3.63) is 91.2 Å². The molecule has 0 atom stereocenters. The fourth-order valence-electron chi connectivity index (χ4n) is 3.02. The van der Waals surface area contributed by atoms with Crippen LogP contribution in [0.3, 0.4) is 0 Å². The average molecular weight is 503 g/mol. The van der Waals surface area contributed by atoms with Gasteiger partial charge >= 0.3 is 6.03 Å². The molecule has 0 radical (unpaired) electrons. The number of carbonyl (C=O) groups is 2. The molecular weight excluding hydrogens is 490 g/mol. The van der Waals surface area contributed by atoms with Gasteiger partial charge in [-0.1, -0.05) is 23.7 Å². The van der Waals surface area contributed by atoms with Crippen LogP contribution in [-0.2, 0) is 11.3 Å². The quantitative estimate of drug-likeness (QED) is 0.219. The van der Waals surface area contributed by atoms with Crippen molar-refractivity contribution in [1.29, 1.82) is 0 Å². The lowest BCUT2D eigenvalue weighted by molar-refractivity contribution is -0.384. The minimum absolute atomic E-state index is 0.0513. The van der Waals surface area contributed by atoms with Crippen molar-refractivity contribution in [3.63, 3.8) is 0 Å². The molecular formula is C21H13BrClN3O5. The number of imide groups is 1. The van der Waals surface area contributed by atoms with Gasteiger partial charge in [-0.15, -0.1) is 0 Å². The topological polar surface area (TPSA) is 106 Å². The summed E-state index contributed by atoms with van der Waals surface area (Å²) in [5.74, 6) is 0.315. The predicted octanol–water partition coefficient (Wildman–Crippen LogP) is 5.36. The monoisotopic (exact) mass is 501 g/mol. The molecule has 0 bridgehead atoms.